The Hall–Kier alpha value is -1.03. The van der Waals surface area contributed by atoms with Crippen LogP contribution in [0, 0.1) is 5.92 Å². The highest BCUT2D eigenvalue weighted by molar-refractivity contribution is 9.10. The van der Waals surface area contributed by atoms with E-state index >= 15 is 0 Å². The van der Waals surface area contributed by atoms with Crippen LogP contribution in [0.1, 0.15) is 25.3 Å². The fourth-order valence-electron chi connectivity index (χ4n) is 1.66. The molecule has 0 heterocycles. The number of carboxylic acids is 1. The van der Waals surface area contributed by atoms with Gasteiger partial charge in [-0.2, -0.15) is 0 Å². The van der Waals surface area contributed by atoms with Gasteiger partial charge in [0.05, 0.1) is 7.11 Å². The summed E-state index contributed by atoms with van der Waals surface area (Å²) in [5, 5.41) is 8.68. The minimum Gasteiger partial charge on any atom is -0.497 e. The zero-order valence-corrected chi connectivity index (χ0v) is 11.7. The normalized spacial score (nSPS) is 12.2. The molecule has 0 aliphatic heterocycles. The molecule has 0 aromatic heterocycles. The predicted octanol–water partition coefficient (Wildman–Crippen LogP) is 3.50. The third kappa shape index (κ3) is 4.77. The number of benzene rings is 1. The van der Waals surface area contributed by atoms with Crippen molar-refractivity contribution >= 4 is 21.9 Å². The lowest BCUT2D eigenvalue weighted by atomic mass is 9.98. The Bertz CT molecular complexity index is 390. The minimum absolute atomic E-state index is 0.196. The fraction of sp³-hybridized carbons (Fsp3) is 0.462. The molecule has 0 radical (unpaired) electrons. The van der Waals surface area contributed by atoms with E-state index in [0.29, 0.717) is 0 Å². The van der Waals surface area contributed by atoms with Crippen molar-refractivity contribution in [3.05, 3.63) is 28.2 Å². The second-order valence-electron chi connectivity index (χ2n) is 4.20. The van der Waals surface area contributed by atoms with Gasteiger partial charge in [0.15, 0.2) is 0 Å². The van der Waals surface area contributed by atoms with E-state index in [4.69, 9.17) is 9.84 Å². The average Bonchev–Trinajstić information content (AvgIpc) is 2.26. The van der Waals surface area contributed by atoms with E-state index in [1.807, 2.05) is 25.1 Å². The van der Waals surface area contributed by atoms with Gasteiger partial charge in [0.25, 0.3) is 0 Å². The quantitative estimate of drug-likeness (QED) is 0.874. The molecule has 3 nitrogen and oxygen atoms in total. The number of rotatable bonds is 6. The van der Waals surface area contributed by atoms with Crippen LogP contribution >= 0.6 is 15.9 Å². The number of hydrogen-bond acceptors (Lipinski definition) is 2. The van der Waals surface area contributed by atoms with Crippen molar-refractivity contribution in [2.24, 2.45) is 5.92 Å². The molecule has 0 saturated heterocycles. The van der Waals surface area contributed by atoms with E-state index in [2.05, 4.69) is 15.9 Å². The summed E-state index contributed by atoms with van der Waals surface area (Å²) in [6.45, 7) is 1.96. The van der Waals surface area contributed by atoms with E-state index in [0.717, 1.165) is 23.1 Å². The van der Waals surface area contributed by atoms with Gasteiger partial charge in [-0.25, -0.2) is 0 Å². The maximum Gasteiger partial charge on any atom is 0.303 e. The van der Waals surface area contributed by atoms with E-state index in [1.165, 1.54) is 5.56 Å². The zero-order valence-electron chi connectivity index (χ0n) is 10.1. The van der Waals surface area contributed by atoms with E-state index < -0.39 is 5.97 Å². The average molecular weight is 301 g/mol. The summed E-state index contributed by atoms with van der Waals surface area (Å²) in [6.07, 6.45) is 1.98. The fourth-order valence-corrected chi connectivity index (χ4v) is 2.22. The standard InChI is InChI=1S/C13H17BrO3/c1-9(7-13(15)16)3-4-10-5-6-11(17-2)8-12(10)14/h5-6,8-9H,3-4,7H2,1-2H3,(H,15,16). The highest BCUT2D eigenvalue weighted by atomic mass is 79.9. The van der Waals surface area contributed by atoms with Crippen LogP contribution < -0.4 is 4.74 Å². The van der Waals surface area contributed by atoms with Crippen LogP contribution in [-0.2, 0) is 11.2 Å². The number of aryl methyl sites for hydroxylation is 1. The van der Waals surface area contributed by atoms with Crippen molar-refractivity contribution in [1.82, 2.24) is 0 Å². The van der Waals surface area contributed by atoms with Crippen LogP contribution in [0.25, 0.3) is 0 Å². The van der Waals surface area contributed by atoms with Gasteiger partial charge in [-0.15, -0.1) is 0 Å². The number of methoxy groups -OCH3 is 1. The summed E-state index contributed by atoms with van der Waals surface area (Å²) < 4.78 is 6.13. The SMILES string of the molecule is COc1ccc(CCC(C)CC(=O)O)c(Br)c1. The van der Waals surface area contributed by atoms with Gasteiger partial charge < -0.3 is 9.84 Å². The highest BCUT2D eigenvalue weighted by Crippen LogP contribution is 2.25. The third-order valence-electron chi connectivity index (χ3n) is 2.69. The number of hydrogen-bond donors (Lipinski definition) is 1. The molecule has 0 aliphatic carbocycles. The molecule has 94 valence electrons. The topological polar surface area (TPSA) is 46.5 Å². The lowest BCUT2D eigenvalue weighted by molar-refractivity contribution is -0.138. The Morgan fingerprint density at radius 3 is 2.76 bits per heavy atom. The molecule has 1 unspecified atom stereocenters. The first-order valence-electron chi connectivity index (χ1n) is 5.57. The van der Waals surface area contributed by atoms with E-state index in [9.17, 15) is 4.79 Å². The van der Waals surface area contributed by atoms with Gasteiger partial charge in [-0.1, -0.05) is 28.9 Å². The molecule has 0 spiro atoms. The third-order valence-corrected chi connectivity index (χ3v) is 3.43. The van der Waals surface area contributed by atoms with Gasteiger partial charge >= 0.3 is 5.97 Å². The van der Waals surface area contributed by atoms with E-state index in [-0.39, 0.29) is 12.3 Å². The second kappa shape index (κ2) is 6.64. The van der Waals surface area contributed by atoms with Crippen LogP contribution in [-0.4, -0.2) is 18.2 Å². The molecule has 1 aromatic carbocycles. The molecule has 17 heavy (non-hydrogen) atoms. The molecule has 0 saturated carbocycles. The van der Waals surface area contributed by atoms with Crippen LogP contribution in [0.2, 0.25) is 0 Å². The smallest absolute Gasteiger partial charge is 0.303 e. The number of aliphatic carboxylic acids is 1. The molecular weight excluding hydrogens is 284 g/mol. The molecule has 1 atom stereocenters. The molecule has 1 N–H and O–H groups in total. The van der Waals surface area contributed by atoms with Crippen molar-refractivity contribution in [2.75, 3.05) is 7.11 Å². The van der Waals surface area contributed by atoms with Crippen LogP contribution in [0.4, 0.5) is 0 Å². The number of carbonyl (C=O) groups is 1. The molecule has 0 amide bonds. The Labute approximate surface area is 110 Å². The second-order valence-corrected chi connectivity index (χ2v) is 5.05. The van der Waals surface area contributed by atoms with Crippen LogP contribution in [0.15, 0.2) is 22.7 Å². The largest absolute Gasteiger partial charge is 0.497 e. The summed E-state index contributed by atoms with van der Waals surface area (Å²) in [5.41, 5.74) is 1.18. The van der Waals surface area contributed by atoms with Crippen LogP contribution in [0.3, 0.4) is 0 Å². The molecule has 0 aliphatic rings. The van der Waals surface area contributed by atoms with Crippen molar-refractivity contribution < 1.29 is 14.6 Å². The zero-order chi connectivity index (χ0) is 12.8. The number of halogens is 1. The maximum atomic E-state index is 10.5. The molecule has 1 rings (SSSR count). The van der Waals surface area contributed by atoms with Gasteiger partial charge in [0.2, 0.25) is 0 Å². The summed E-state index contributed by atoms with van der Waals surface area (Å²) in [7, 11) is 1.64. The lowest BCUT2D eigenvalue weighted by Crippen LogP contribution is -2.05. The maximum absolute atomic E-state index is 10.5. The Morgan fingerprint density at radius 1 is 1.53 bits per heavy atom. The van der Waals surface area contributed by atoms with Crippen molar-refractivity contribution in [3.63, 3.8) is 0 Å². The molecule has 0 fully saturated rings. The number of carboxylic acid groups (broad SMARTS) is 1. The van der Waals surface area contributed by atoms with E-state index in [1.54, 1.807) is 7.11 Å². The Morgan fingerprint density at radius 2 is 2.24 bits per heavy atom. The van der Waals surface area contributed by atoms with Gasteiger partial charge in [0, 0.05) is 10.9 Å². The van der Waals surface area contributed by atoms with Crippen LogP contribution in [0.5, 0.6) is 5.75 Å². The first kappa shape index (κ1) is 14.0. The Kier molecular flexibility index (Phi) is 5.48. The summed E-state index contributed by atoms with van der Waals surface area (Å²) >= 11 is 3.49. The van der Waals surface area contributed by atoms with Crippen molar-refractivity contribution in [1.29, 1.82) is 0 Å². The first-order chi connectivity index (χ1) is 8.02. The summed E-state index contributed by atoms with van der Waals surface area (Å²) in [6, 6.07) is 5.86. The minimum atomic E-state index is -0.730. The van der Waals surface area contributed by atoms with Gasteiger partial charge in [-0.05, 0) is 36.5 Å². The predicted molar refractivity (Wildman–Crippen MR) is 70.4 cm³/mol. The van der Waals surface area contributed by atoms with Gasteiger partial charge in [-0.3, -0.25) is 4.79 Å². The molecular formula is C13H17BrO3. The molecule has 0 bridgehead atoms. The number of ether oxygens (including phenoxy) is 1. The summed E-state index contributed by atoms with van der Waals surface area (Å²) in [4.78, 5) is 10.5. The summed E-state index contributed by atoms with van der Waals surface area (Å²) in [5.74, 6) is 0.284. The van der Waals surface area contributed by atoms with Gasteiger partial charge in [0.1, 0.15) is 5.75 Å². The first-order valence-corrected chi connectivity index (χ1v) is 6.36. The Balaban J connectivity index is 2.54. The monoisotopic (exact) mass is 300 g/mol. The molecule has 4 heteroatoms. The molecule has 1 aromatic rings. The van der Waals surface area contributed by atoms with Crippen molar-refractivity contribution in [3.8, 4) is 5.75 Å². The highest BCUT2D eigenvalue weighted by Gasteiger charge is 2.09. The lowest BCUT2D eigenvalue weighted by Gasteiger charge is -2.10. The van der Waals surface area contributed by atoms with Crippen molar-refractivity contribution in [2.45, 2.75) is 26.2 Å².